The summed E-state index contributed by atoms with van der Waals surface area (Å²) in [5.41, 5.74) is 6.74. The molecule has 3 aromatic carbocycles. The normalized spacial score (nSPS) is 18.2. The van der Waals surface area contributed by atoms with Crippen LogP contribution in [0.25, 0.3) is 0 Å². The van der Waals surface area contributed by atoms with Crippen LogP contribution in [-0.2, 0) is 11.2 Å². The van der Waals surface area contributed by atoms with Gasteiger partial charge in [0.1, 0.15) is 11.5 Å². The van der Waals surface area contributed by atoms with Crippen LogP contribution < -0.4 is 9.47 Å². The van der Waals surface area contributed by atoms with Gasteiger partial charge in [0.15, 0.2) is 0 Å². The molecule has 0 N–H and O–H groups in total. The van der Waals surface area contributed by atoms with E-state index in [0.29, 0.717) is 18.9 Å². The van der Waals surface area contributed by atoms with Gasteiger partial charge in [-0.3, -0.25) is 9.69 Å². The molecule has 1 atom stereocenters. The molecule has 0 saturated carbocycles. The van der Waals surface area contributed by atoms with Crippen molar-refractivity contribution in [1.29, 1.82) is 0 Å². The number of methoxy groups -OCH3 is 2. The summed E-state index contributed by atoms with van der Waals surface area (Å²) in [5.74, 6) is 2.15. The lowest BCUT2D eigenvalue weighted by Crippen LogP contribution is -2.42. The molecule has 1 fully saturated rings. The van der Waals surface area contributed by atoms with Crippen molar-refractivity contribution in [3.05, 3.63) is 94.5 Å². The third-order valence-electron chi connectivity index (χ3n) is 8.24. The third kappa shape index (κ3) is 6.17. The van der Waals surface area contributed by atoms with Gasteiger partial charge in [-0.05, 0) is 98.6 Å². The van der Waals surface area contributed by atoms with E-state index in [1.807, 2.05) is 18.2 Å². The highest BCUT2D eigenvalue weighted by Gasteiger charge is 2.36. The second-order valence-electron chi connectivity index (χ2n) is 10.8. The lowest BCUT2D eigenvalue weighted by atomic mass is 9.90. The molecule has 0 aromatic heterocycles. The van der Waals surface area contributed by atoms with E-state index in [-0.39, 0.29) is 11.9 Å². The third-order valence-corrected chi connectivity index (χ3v) is 8.24. The van der Waals surface area contributed by atoms with Gasteiger partial charge in [0.05, 0.1) is 32.5 Å². The van der Waals surface area contributed by atoms with Gasteiger partial charge in [0.25, 0.3) is 5.91 Å². The number of carbonyl (C=O) groups is 1. The Bertz CT molecular complexity index is 1330. The van der Waals surface area contributed by atoms with Crippen LogP contribution >= 0.6 is 0 Å². The SMILES string of the molecule is COc1ccc(OC)c([C@@H]2CC(c3ccc(C)c(C)c3)=NN2C(=O)CN2CCC(Cc3ccccc3)CC2)c1. The first kappa shape index (κ1) is 26.9. The summed E-state index contributed by atoms with van der Waals surface area (Å²) in [6, 6.07) is 22.6. The molecule has 6 nitrogen and oxygen atoms in total. The van der Waals surface area contributed by atoms with Crippen LogP contribution in [0.15, 0.2) is 71.8 Å². The average molecular weight is 526 g/mol. The van der Waals surface area contributed by atoms with Gasteiger partial charge in [0.2, 0.25) is 0 Å². The number of aryl methyl sites for hydroxylation is 2. The fourth-order valence-electron chi connectivity index (χ4n) is 5.74. The maximum absolute atomic E-state index is 13.8. The van der Waals surface area contributed by atoms with E-state index in [0.717, 1.165) is 60.7 Å². The fourth-order valence-corrected chi connectivity index (χ4v) is 5.74. The van der Waals surface area contributed by atoms with Gasteiger partial charge in [-0.2, -0.15) is 5.10 Å². The van der Waals surface area contributed by atoms with Gasteiger partial charge < -0.3 is 9.47 Å². The standard InChI is InChI=1S/C33H39N3O3/c1-23-10-11-27(18-24(23)2)30-21-31(29-20-28(38-3)12-13-32(29)39-4)36(34-30)33(37)22-35-16-14-26(15-17-35)19-25-8-6-5-7-9-25/h5-13,18,20,26,31H,14-17,19,21-22H2,1-4H3/t31-/m0/s1. The Morgan fingerprint density at radius 2 is 1.69 bits per heavy atom. The number of benzene rings is 3. The van der Waals surface area contributed by atoms with Crippen molar-refractivity contribution in [2.24, 2.45) is 11.0 Å². The van der Waals surface area contributed by atoms with Crippen molar-refractivity contribution in [3.63, 3.8) is 0 Å². The number of carbonyl (C=O) groups excluding carboxylic acids is 1. The van der Waals surface area contributed by atoms with Crippen LogP contribution in [0.3, 0.4) is 0 Å². The highest BCUT2D eigenvalue weighted by atomic mass is 16.5. The maximum atomic E-state index is 13.8. The smallest absolute Gasteiger partial charge is 0.257 e. The molecule has 1 saturated heterocycles. The minimum absolute atomic E-state index is 0.0187. The van der Waals surface area contributed by atoms with E-state index in [2.05, 4.69) is 67.3 Å². The average Bonchev–Trinajstić information content (AvgIpc) is 3.41. The highest BCUT2D eigenvalue weighted by Crippen LogP contribution is 2.39. The summed E-state index contributed by atoms with van der Waals surface area (Å²) in [7, 11) is 3.32. The topological polar surface area (TPSA) is 54.4 Å². The molecule has 0 spiro atoms. The summed E-state index contributed by atoms with van der Waals surface area (Å²) in [5, 5.41) is 6.62. The Morgan fingerprint density at radius 3 is 2.38 bits per heavy atom. The van der Waals surface area contributed by atoms with Gasteiger partial charge in [-0.15, -0.1) is 0 Å². The largest absolute Gasteiger partial charge is 0.497 e. The Kier molecular flexibility index (Phi) is 8.32. The predicted octanol–water partition coefficient (Wildman–Crippen LogP) is 5.95. The number of hydrogen-bond acceptors (Lipinski definition) is 5. The number of amides is 1. The molecule has 0 unspecified atom stereocenters. The first-order valence-electron chi connectivity index (χ1n) is 13.9. The van der Waals surface area contributed by atoms with Crippen LogP contribution in [0, 0.1) is 19.8 Å². The second-order valence-corrected chi connectivity index (χ2v) is 10.8. The second kappa shape index (κ2) is 12.0. The quantitative estimate of drug-likeness (QED) is 0.365. The molecule has 0 bridgehead atoms. The van der Waals surface area contributed by atoms with Crippen molar-refractivity contribution >= 4 is 11.6 Å². The van der Waals surface area contributed by atoms with E-state index in [9.17, 15) is 4.79 Å². The van der Waals surface area contributed by atoms with Crippen LogP contribution in [-0.4, -0.2) is 55.4 Å². The summed E-state index contributed by atoms with van der Waals surface area (Å²) in [6.45, 7) is 6.44. The Balaban J connectivity index is 1.34. The summed E-state index contributed by atoms with van der Waals surface area (Å²) < 4.78 is 11.2. The first-order valence-corrected chi connectivity index (χ1v) is 13.9. The van der Waals surface area contributed by atoms with Crippen LogP contribution in [0.2, 0.25) is 0 Å². The minimum Gasteiger partial charge on any atom is -0.497 e. The van der Waals surface area contributed by atoms with Crippen molar-refractivity contribution in [1.82, 2.24) is 9.91 Å². The van der Waals surface area contributed by atoms with Gasteiger partial charge >= 0.3 is 0 Å². The summed E-state index contributed by atoms with van der Waals surface area (Å²) in [6.07, 6.45) is 3.94. The van der Waals surface area contributed by atoms with Gasteiger partial charge in [-0.1, -0.05) is 42.5 Å². The lowest BCUT2D eigenvalue weighted by molar-refractivity contribution is -0.134. The Hall–Kier alpha value is -3.64. The van der Waals surface area contributed by atoms with Gasteiger partial charge in [-0.25, -0.2) is 5.01 Å². The van der Waals surface area contributed by atoms with E-state index in [1.54, 1.807) is 19.2 Å². The molecule has 39 heavy (non-hydrogen) atoms. The number of hydrogen-bond donors (Lipinski definition) is 0. The van der Waals surface area contributed by atoms with E-state index < -0.39 is 0 Å². The van der Waals surface area contributed by atoms with E-state index in [4.69, 9.17) is 14.6 Å². The summed E-state index contributed by atoms with van der Waals surface area (Å²) in [4.78, 5) is 16.1. The molecule has 5 rings (SSSR count). The molecule has 2 aliphatic heterocycles. The minimum atomic E-state index is -0.255. The Morgan fingerprint density at radius 1 is 0.923 bits per heavy atom. The Labute approximate surface area is 232 Å². The van der Waals surface area contributed by atoms with Crippen molar-refractivity contribution in [2.75, 3.05) is 33.9 Å². The number of rotatable bonds is 8. The van der Waals surface area contributed by atoms with Crippen LogP contribution in [0.5, 0.6) is 11.5 Å². The van der Waals surface area contributed by atoms with Crippen LogP contribution in [0.1, 0.15) is 53.1 Å². The monoisotopic (exact) mass is 525 g/mol. The van der Waals surface area contributed by atoms with E-state index in [1.165, 1.54) is 16.7 Å². The number of piperidine rings is 1. The molecular formula is C33H39N3O3. The molecule has 6 heteroatoms. The van der Waals surface area contributed by atoms with Gasteiger partial charge in [0, 0.05) is 12.0 Å². The maximum Gasteiger partial charge on any atom is 0.257 e. The van der Waals surface area contributed by atoms with E-state index >= 15 is 0 Å². The molecule has 1 amide bonds. The zero-order chi connectivity index (χ0) is 27.4. The zero-order valence-electron chi connectivity index (χ0n) is 23.5. The molecule has 0 aliphatic carbocycles. The molecule has 3 aromatic rings. The number of hydrazone groups is 1. The number of ether oxygens (including phenoxy) is 2. The summed E-state index contributed by atoms with van der Waals surface area (Å²) >= 11 is 0. The molecule has 0 radical (unpaired) electrons. The predicted molar refractivity (Wildman–Crippen MR) is 156 cm³/mol. The number of likely N-dealkylation sites (tertiary alicyclic amines) is 1. The van der Waals surface area contributed by atoms with Crippen molar-refractivity contribution in [3.8, 4) is 11.5 Å². The van der Waals surface area contributed by atoms with Crippen LogP contribution in [0.4, 0.5) is 0 Å². The van der Waals surface area contributed by atoms with Crippen molar-refractivity contribution in [2.45, 2.75) is 45.6 Å². The fraction of sp³-hybridized carbons (Fsp3) is 0.394. The molecule has 204 valence electrons. The number of nitrogens with zero attached hydrogens (tertiary/aromatic N) is 3. The highest BCUT2D eigenvalue weighted by molar-refractivity contribution is 6.03. The first-order chi connectivity index (χ1) is 18.9. The molecular weight excluding hydrogens is 486 g/mol. The molecule has 2 aliphatic rings. The molecule has 2 heterocycles. The lowest BCUT2D eigenvalue weighted by Gasteiger charge is -2.33. The van der Waals surface area contributed by atoms with Crippen molar-refractivity contribution < 1.29 is 14.3 Å². The zero-order valence-corrected chi connectivity index (χ0v) is 23.5.